The number of aromatic carboxylic acids is 1. The molecule has 0 bridgehead atoms. The van der Waals surface area contributed by atoms with E-state index in [-0.39, 0.29) is 5.56 Å². The number of furan rings is 1. The van der Waals surface area contributed by atoms with E-state index in [1.54, 1.807) is 6.07 Å². The molecule has 2 N–H and O–H groups in total. The summed E-state index contributed by atoms with van der Waals surface area (Å²) in [6.45, 7) is 1.38. The van der Waals surface area contributed by atoms with Crippen LogP contribution in [0.2, 0.25) is 0 Å². The normalized spacial score (nSPS) is 27.6. The molecule has 98 valence electrons. The molecule has 5 nitrogen and oxygen atoms in total. The number of hydrogen-bond donors (Lipinski definition) is 2. The lowest BCUT2D eigenvalue weighted by atomic mass is 10.1. The van der Waals surface area contributed by atoms with Crippen LogP contribution in [0.15, 0.2) is 16.7 Å². The third kappa shape index (κ3) is 2.42. The number of ether oxygens (including phenoxy) is 1. The van der Waals surface area contributed by atoms with Crippen molar-refractivity contribution >= 4 is 5.97 Å². The Kier molecular flexibility index (Phi) is 3.09. The number of carboxylic acid groups (broad SMARTS) is 1. The van der Waals surface area contributed by atoms with E-state index in [2.05, 4.69) is 5.32 Å². The first kappa shape index (κ1) is 11.7. The van der Waals surface area contributed by atoms with Crippen molar-refractivity contribution in [1.29, 1.82) is 0 Å². The van der Waals surface area contributed by atoms with Crippen LogP contribution < -0.4 is 5.32 Å². The van der Waals surface area contributed by atoms with E-state index in [1.165, 1.54) is 19.1 Å². The quantitative estimate of drug-likeness (QED) is 0.832. The Morgan fingerprint density at radius 3 is 2.94 bits per heavy atom. The second-order valence-electron chi connectivity index (χ2n) is 5.06. The fourth-order valence-corrected chi connectivity index (χ4v) is 2.54. The van der Waals surface area contributed by atoms with Crippen molar-refractivity contribution < 1.29 is 19.1 Å². The average Bonchev–Trinajstić information content (AvgIpc) is 2.92. The lowest BCUT2D eigenvalue weighted by Gasteiger charge is -2.18. The Morgan fingerprint density at radius 2 is 2.28 bits per heavy atom. The van der Waals surface area contributed by atoms with Gasteiger partial charge in [0.1, 0.15) is 12.0 Å². The minimum atomic E-state index is -0.954. The van der Waals surface area contributed by atoms with Crippen molar-refractivity contribution in [1.82, 2.24) is 5.32 Å². The van der Waals surface area contributed by atoms with Gasteiger partial charge in [-0.15, -0.1) is 0 Å². The van der Waals surface area contributed by atoms with E-state index in [1.807, 2.05) is 0 Å². The Balaban J connectivity index is 1.55. The first-order chi connectivity index (χ1) is 8.74. The summed E-state index contributed by atoms with van der Waals surface area (Å²) in [4.78, 5) is 10.7. The van der Waals surface area contributed by atoms with E-state index in [0.29, 0.717) is 24.5 Å². The van der Waals surface area contributed by atoms with Gasteiger partial charge in [-0.05, 0) is 31.2 Å². The predicted molar refractivity (Wildman–Crippen MR) is 63.4 cm³/mol. The zero-order valence-corrected chi connectivity index (χ0v) is 10.1. The molecule has 3 rings (SSSR count). The maximum atomic E-state index is 10.7. The van der Waals surface area contributed by atoms with Gasteiger partial charge < -0.3 is 19.6 Å². The molecule has 0 radical (unpaired) electrons. The molecule has 0 amide bonds. The molecule has 1 saturated carbocycles. The highest BCUT2D eigenvalue weighted by atomic mass is 16.5. The van der Waals surface area contributed by atoms with E-state index in [4.69, 9.17) is 14.3 Å². The van der Waals surface area contributed by atoms with Crippen LogP contribution in [0.25, 0.3) is 0 Å². The third-order valence-electron chi connectivity index (χ3n) is 3.66. The van der Waals surface area contributed by atoms with Crippen LogP contribution in [0.3, 0.4) is 0 Å². The van der Waals surface area contributed by atoms with E-state index in [0.717, 1.165) is 18.9 Å². The van der Waals surface area contributed by atoms with Crippen LogP contribution in [0.4, 0.5) is 0 Å². The van der Waals surface area contributed by atoms with E-state index in [9.17, 15) is 4.79 Å². The van der Waals surface area contributed by atoms with E-state index < -0.39 is 5.97 Å². The average molecular weight is 251 g/mol. The Hall–Kier alpha value is -1.33. The Morgan fingerprint density at radius 1 is 1.44 bits per heavy atom. The van der Waals surface area contributed by atoms with Crippen molar-refractivity contribution in [2.45, 2.75) is 38.0 Å². The zero-order chi connectivity index (χ0) is 12.5. The summed E-state index contributed by atoms with van der Waals surface area (Å²) in [5, 5.41) is 12.2. The number of carbonyl (C=O) groups is 1. The fraction of sp³-hybridized carbons (Fsp3) is 0.615. The molecular weight excluding hydrogens is 234 g/mol. The summed E-state index contributed by atoms with van der Waals surface area (Å²) in [5.74, 6) is 0.426. The van der Waals surface area contributed by atoms with Gasteiger partial charge in [-0.25, -0.2) is 4.79 Å². The lowest BCUT2D eigenvalue weighted by molar-refractivity contribution is 0.0696. The van der Waals surface area contributed by atoms with Crippen molar-refractivity contribution in [2.75, 3.05) is 6.61 Å². The van der Waals surface area contributed by atoms with Gasteiger partial charge >= 0.3 is 5.97 Å². The van der Waals surface area contributed by atoms with Crippen LogP contribution in [0.5, 0.6) is 0 Å². The van der Waals surface area contributed by atoms with Gasteiger partial charge in [0, 0.05) is 12.6 Å². The number of carboxylic acids is 1. The largest absolute Gasteiger partial charge is 0.478 e. The van der Waals surface area contributed by atoms with Crippen LogP contribution in [0, 0.1) is 5.92 Å². The smallest absolute Gasteiger partial charge is 0.338 e. The number of rotatable bonds is 5. The molecule has 1 aromatic rings. The second-order valence-corrected chi connectivity index (χ2v) is 5.06. The minimum absolute atomic E-state index is 0.202. The molecule has 2 aliphatic rings. The minimum Gasteiger partial charge on any atom is -0.478 e. The number of hydrogen-bond acceptors (Lipinski definition) is 4. The standard InChI is InChI=1S/C13H17NO4/c15-13(16)9-5-10(18-7-9)6-14-11-3-4-17-12(11)8-1-2-8/h5,7-8,11-12,14H,1-4,6H2,(H,15,16). The van der Waals surface area contributed by atoms with Crippen LogP contribution in [-0.4, -0.2) is 29.8 Å². The van der Waals surface area contributed by atoms with Crippen molar-refractivity contribution in [3.8, 4) is 0 Å². The monoisotopic (exact) mass is 251 g/mol. The highest BCUT2D eigenvalue weighted by Gasteiger charge is 2.40. The summed E-state index contributed by atoms with van der Waals surface area (Å²) in [7, 11) is 0. The SMILES string of the molecule is O=C(O)c1coc(CNC2CCOC2C2CC2)c1. The van der Waals surface area contributed by atoms with Crippen LogP contribution in [0.1, 0.15) is 35.4 Å². The van der Waals surface area contributed by atoms with Gasteiger partial charge in [0.25, 0.3) is 0 Å². The van der Waals surface area contributed by atoms with Gasteiger partial charge in [-0.1, -0.05) is 0 Å². The molecule has 2 heterocycles. The summed E-state index contributed by atoms with van der Waals surface area (Å²) in [6.07, 6.45) is 5.18. The van der Waals surface area contributed by atoms with Gasteiger partial charge in [-0.2, -0.15) is 0 Å². The second kappa shape index (κ2) is 4.74. The summed E-state index contributed by atoms with van der Waals surface area (Å²) in [5.41, 5.74) is 0.202. The molecule has 0 aromatic carbocycles. The molecule has 1 aliphatic heterocycles. The molecular formula is C13H17NO4. The third-order valence-corrected chi connectivity index (χ3v) is 3.66. The Labute approximate surface area is 105 Å². The summed E-state index contributed by atoms with van der Waals surface area (Å²) < 4.78 is 10.9. The molecule has 5 heteroatoms. The van der Waals surface area contributed by atoms with Crippen molar-refractivity contribution in [3.63, 3.8) is 0 Å². The zero-order valence-electron chi connectivity index (χ0n) is 10.1. The lowest BCUT2D eigenvalue weighted by Crippen LogP contribution is -2.37. The first-order valence-corrected chi connectivity index (χ1v) is 6.40. The molecule has 2 atom stereocenters. The summed E-state index contributed by atoms with van der Waals surface area (Å²) >= 11 is 0. The van der Waals surface area contributed by atoms with Crippen molar-refractivity contribution in [2.24, 2.45) is 5.92 Å². The predicted octanol–water partition coefficient (Wildman–Crippen LogP) is 1.63. The molecule has 18 heavy (non-hydrogen) atoms. The topological polar surface area (TPSA) is 71.7 Å². The molecule has 0 spiro atoms. The molecule has 1 aromatic heterocycles. The summed E-state index contributed by atoms with van der Waals surface area (Å²) in [6, 6.07) is 1.94. The van der Waals surface area contributed by atoms with Crippen LogP contribution in [-0.2, 0) is 11.3 Å². The number of nitrogens with one attached hydrogen (secondary N) is 1. The van der Waals surface area contributed by atoms with Gasteiger partial charge in [-0.3, -0.25) is 0 Å². The fourth-order valence-electron chi connectivity index (χ4n) is 2.54. The Bertz CT molecular complexity index is 438. The van der Waals surface area contributed by atoms with Crippen molar-refractivity contribution in [3.05, 3.63) is 23.7 Å². The highest BCUT2D eigenvalue weighted by molar-refractivity contribution is 5.87. The van der Waals surface area contributed by atoms with E-state index >= 15 is 0 Å². The maximum absolute atomic E-state index is 10.7. The molecule has 1 aliphatic carbocycles. The first-order valence-electron chi connectivity index (χ1n) is 6.40. The molecule has 1 saturated heterocycles. The van der Waals surface area contributed by atoms with Crippen LogP contribution >= 0.6 is 0 Å². The highest BCUT2D eigenvalue weighted by Crippen LogP contribution is 2.38. The van der Waals surface area contributed by atoms with Gasteiger partial charge in [0.2, 0.25) is 0 Å². The molecule has 2 fully saturated rings. The maximum Gasteiger partial charge on any atom is 0.338 e. The molecule has 2 unspecified atom stereocenters. The van der Waals surface area contributed by atoms with Gasteiger partial charge in [0.15, 0.2) is 0 Å². The van der Waals surface area contributed by atoms with Gasteiger partial charge in [0.05, 0.1) is 18.2 Å².